The van der Waals surface area contributed by atoms with Gasteiger partial charge in [0.2, 0.25) is 4.77 Å². The summed E-state index contributed by atoms with van der Waals surface area (Å²) >= 11 is 16.7. The second-order valence-corrected chi connectivity index (χ2v) is 4.89. The number of aromatic amines is 1. The molecule has 0 saturated heterocycles. The van der Waals surface area contributed by atoms with E-state index in [0.717, 1.165) is 5.82 Å². The molecule has 0 spiro atoms. The first-order valence-electron chi connectivity index (χ1n) is 5.41. The third kappa shape index (κ3) is 2.97. The number of aromatic nitrogens is 3. The number of phenolic OH excluding ortho intramolecular Hbond substituents is 1. The zero-order valence-electron chi connectivity index (χ0n) is 9.89. The van der Waals surface area contributed by atoms with Crippen LogP contribution in [0.2, 0.25) is 10.0 Å². The second-order valence-electron chi connectivity index (χ2n) is 3.69. The molecule has 0 saturated carbocycles. The van der Waals surface area contributed by atoms with Crippen molar-refractivity contribution in [2.75, 3.05) is 0 Å². The highest BCUT2D eigenvalue weighted by Gasteiger charge is 2.06. The lowest BCUT2D eigenvalue weighted by Crippen LogP contribution is -1.97. The molecule has 0 atom stereocenters. The maximum absolute atomic E-state index is 9.46. The third-order valence-corrected chi connectivity index (χ3v) is 3.24. The van der Waals surface area contributed by atoms with Crippen molar-refractivity contribution < 1.29 is 5.11 Å². The van der Waals surface area contributed by atoms with Gasteiger partial charge in [-0.05, 0) is 29.9 Å². The monoisotopic (exact) mass is 316 g/mol. The molecule has 2 rings (SSSR count). The van der Waals surface area contributed by atoms with Crippen molar-refractivity contribution in [2.24, 2.45) is 5.10 Å². The number of rotatable bonds is 3. The molecule has 0 unspecified atom stereocenters. The Labute approximate surface area is 124 Å². The predicted octanol–water partition coefficient (Wildman–Crippen LogP) is 3.40. The van der Waals surface area contributed by atoms with Gasteiger partial charge in [-0.1, -0.05) is 30.1 Å². The number of aromatic hydroxyl groups is 1. The van der Waals surface area contributed by atoms with E-state index < -0.39 is 0 Å². The van der Waals surface area contributed by atoms with Gasteiger partial charge in [0.15, 0.2) is 11.6 Å². The molecule has 5 nitrogen and oxygen atoms in total. The van der Waals surface area contributed by atoms with E-state index in [1.807, 2.05) is 6.92 Å². The number of halogens is 2. The first-order valence-corrected chi connectivity index (χ1v) is 6.58. The van der Waals surface area contributed by atoms with E-state index >= 15 is 0 Å². The zero-order valence-corrected chi connectivity index (χ0v) is 12.2. The highest BCUT2D eigenvalue weighted by atomic mass is 35.5. The minimum atomic E-state index is -0.144. The number of hydrogen-bond donors (Lipinski definition) is 2. The molecule has 1 aromatic heterocycles. The standard InChI is InChI=1S/C11H10Cl2N4OS/c1-2-9-15-16-11(19)17(9)14-5-6-3-7(12)10(18)8(13)4-6/h3-5,18H,2H2,1H3,(H,16,19)/b14-5-. The first kappa shape index (κ1) is 14.0. The molecular weight excluding hydrogens is 307 g/mol. The van der Waals surface area contributed by atoms with Crippen LogP contribution in [0.4, 0.5) is 0 Å². The predicted molar refractivity (Wildman–Crippen MR) is 77.9 cm³/mol. The Morgan fingerprint density at radius 2 is 2.11 bits per heavy atom. The summed E-state index contributed by atoms with van der Waals surface area (Å²) in [6.45, 7) is 1.95. The molecule has 0 amide bonds. The Hall–Kier alpha value is -1.37. The van der Waals surface area contributed by atoms with E-state index in [1.54, 1.807) is 18.3 Å². The summed E-state index contributed by atoms with van der Waals surface area (Å²) in [5.41, 5.74) is 0.651. The van der Waals surface area contributed by atoms with E-state index in [2.05, 4.69) is 15.3 Å². The normalized spacial score (nSPS) is 11.3. The number of benzene rings is 1. The number of phenols is 1. The highest BCUT2D eigenvalue weighted by molar-refractivity contribution is 7.71. The summed E-state index contributed by atoms with van der Waals surface area (Å²) in [6, 6.07) is 3.11. The Morgan fingerprint density at radius 3 is 2.68 bits per heavy atom. The van der Waals surface area contributed by atoms with E-state index in [0.29, 0.717) is 16.8 Å². The van der Waals surface area contributed by atoms with E-state index in [4.69, 9.17) is 35.4 Å². The Kier molecular flexibility index (Phi) is 4.24. The molecule has 0 aliphatic rings. The van der Waals surface area contributed by atoms with Crippen molar-refractivity contribution in [3.05, 3.63) is 38.3 Å². The van der Waals surface area contributed by atoms with Gasteiger partial charge in [0.1, 0.15) is 0 Å². The van der Waals surface area contributed by atoms with Gasteiger partial charge in [0, 0.05) is 6.42 Å². The molecule has 0 radical (unpaired) electrons. The number of nitrogens with zero attached hydrogens (tertiary/aromatic N) is 3. The molecular formula is C11H10Cl2N4OS. The fourth-order valence-electron chi connectivity index (χ4n) is 1.46. The average Bonchev–Trinajstić information content (AvgIpc) is 2.74. The smallest absolute Gasteiger partial charge is 0.216 e. The van der Waals surface area contributed by atoms with Crippen molar-refractivity contribution in [1.82, 2.24) is 14.9 Å². The van der Waals surface area contributed by atoms with Crippen molar-refractivity contribution in [2.45, 2.75) is 13.3 Å². The topological polar surface area (TPSA) is 66.2 Å². The van der Waals surface area contributed by atoms with E-state index in [9.17, 15) is 5.11 Å². The summed E-state index contributed by atoms with van der Waals surface area (Å²) in [7, 11) is 0. The molecule has 19 heavy (non-hydrogen) atoms. The summed E-state index contributed by atoms with van der Waals surface area (Å²) in [6.07, 6.45) is 2.24. The summed E-state index contributed by atoms with van der Waals surface area (Å²) < 4.78 is 1.92. The summed E-state index contributed by atoms with van der Waals surface area (Å²) in [5, 5.41) is 20.7. The van der Waals surface area contributed by atoms with Crippen LogP contribution in [-0.4, -0.2) is 26.2 Å². The fourth-order valence-corrected chi connectivity index (χ4v) is 2.16. The number of H-pyrrole nitrogens is 1. The van der Waals surface area contributed by atoms with Crippen molar-refractivity contribution in [3.63, 3.8) is 0 Å². The highest BCUT2D eigenvalue weighted by Crippen LogP contribution is 2.32. The zero-order chi connectivity index (χ0) is 14.0. The van der Waals surface area contributed by atoms with Crippen LogP contribution in [0.15, 0.2) is 17.2 Å². The molecule has 8 heteroatoms. The van der Waals surface area contributed by atoms with Gasteiger partial charge in [-0.25, -0.2) is 0 Å². The molecule has 1 aromatic carbocycles. The quantitative estimate of drug-likeness (QED) is 0.673. The summed E-state index contributed by atoms with van der Waals surface area (Å²) in [5.74, 6) is 0.576. The number of nitrogens with one attached hydrogen (secondary N) is 1. The molecule has 2 aromatic rings. The molecule has 0 fully saturated rings. The van der Waals surface area contributed by atoms with Gasteiger partial charge in [0.05, 0.1) is 16.3 Å². The minimum Gasteiger partial charge on any atom is -0.505 e. The Bertz CT molecular complexity index is 669. The van der Waals surface area contributed by atoms with Gasteiger partial charge in [0.25, 0.3) is 0 Å². The van der Waals surface area contributed by atoms with Gasteiger partial charge < -0.3 is 5.11 Å². The average molecular weight is 317 g/mol. The fraction of sp³-hybridized carbons (Fsp3) is 0.182. The Balaban J connectivity index is 2.38. The summed E-state index contributed by atoms with van der Waals surface area (Å²) in [4.78, 5) is 0. The van der Waals surface area contributed by atoms with Crippen LogP contribution in [0.1, 0.15) is 18.3 Å². The largest absolute Gasteiger partial charge is 0.505 e. The SMILES string of the molecule is CCc1n[nH]c(=S)n1/N=C\c1cc(Cl)c(O)c(Cl)c1. The lowest BCUT2D eigenvalue weighted by molar-refractivity contribution is 0.476. The maximum atomic E-state index is 9.46. The Morgan fingerprint density at radius 1 is 1.47 bits per heavy atom. The van der Waals surface area contributed by atoms with Crippen molar-refractivity contribution >= 4 is 41.6 Å². The van der Waals surface area contributed by atoms with Crippen LogP contribution < -0.4 is 0 Å². The lowest BCUT2D eigenvalue weighted by atomic mass is 10.2. The molecule has 1 heterocycles. The number of hydrogen-bond acceptors (Lipinski definition) is 4. The molecule has 0 aliphatic heterocycles. The van der Waals surface area contributed by atoms with Gasteiger partial charge in [-0.3, -0.25) is 5.10 Å². The van der Waals surface area contributed by atoms with Crippen molar-refractivity contribution in [1.29, 1.82) is 0 Å². The van der Waals surface area contributed by atoms with Gasteiger partial charge in [-0.2, -0.15) is 14.9 Å². The minimum absolute atomic E-state index is 0.144. The van der Waals surface area contributed by atoms with Gasteiger partial charge >= 0.3 is 0 Å². The molecule has 100 valence electrons. The number of aryl methyl sites for hydroxylation is 1. The van der Waals surface area contributed by atoms with Crippen LogP contribution in [0.25, 0.3) is 0 Å². The first-order chi connectivity index (χ1) is 9.02. The van der Waals surface area contributed by atoms with Crippen LogP contribution in [0.3, 0.4) is 0 Å². The van der Waals surface area contributed by atoms with Crippen LogP contribution in [0, 0.1) is 4.77 Å². The molecule has 2 N–H and O–H groups in total. The maximum Gasteiger partial charge on any atom is 0.216 e. The van der Waals surface area contributed by atoms with Crippen LogP contribution >= 0.6 is 35.4 Å². The van der Waals surface area contributed by atoms with Crippen LogP contribution in [0.5, 0.6) is 5.75 Å². The van der Waals surface area contributed by atoms with E-state index in [-0.39, 0.29) is 15.8 Å². The van der Waals surface area contributed by atoms with Gasteiger partial charge in [-0.15, -0.1) is 0 Å². The van der Waals surface area contributed by atoms with E-state index in [1.165, 1.54) is 4.68 Å². The molecule has 0 aliphatic carbocycles. The second kappa shape index (κ2) is 5.73. The molecule has 0 bridgehead atoms. The lowest BCUT2D eigenvalue weighted by Gasteiger charge is -2.01. The van der Waals surface area contributed by atoms with Crippen molar-refractivity contribution in [3.8, 4) is 5.75 Å². The van der Waals surface area contributed by atoms with Crippen LogP contribution in [-0.2, 0) is 6.42 Å². The third-order valence-electron chi connectivity index (χ3n) is 2.40.